The van der Waals surface area contributed by atoms with Crippen molar-refractivity contribution >= 4 is 21.6 Å². The molecule has 0 radical (unpaired) electrons. The summed E-state index contributed by atoms with van der Waals surface area (Å²) in [5.41, 5.74) is 10.5. The summed E-state index contributed by atoms with van der Waals surface area (Å²) in [7, 11) is 0. The first-order chi connectivity index (χ1) is 9.58. The zero-order chi connectivity index (χ0) is 14.7. The van der Waals surface area contributed by atoms with Crippen LogP contribution in [0.2, 0.25) is 0 Å². The lowest BCUT2D eigenvalue weighted by atomic mass is 10.0. The van der Waals surface area contributed by atoms with Crippen LogP contribution in [0, 0.1) is 5.82 Å². The maximum Gasteiger partial charge on any atom is 0.123 e. The van der Waals surface area contributed by atoms with Crippen molar-refractivity contribution in [2.75, 3.05) is 5.73 Å². The van der Waals surface area contributed by atoms with Crippen molar-refractivity contribution in [1.29, 1.82) is 0 Å². The molecule has 5 nitrogen and oxygen atoms in total. The molecule has 108 valence electrons. The second-order valence-corrected chi connectivity index (χ2v) is 5.33. The average molecular weight is 342 g/mol. The van der Waals surface area contributed by atoms with Gasteiger partial charge in [-0.3, -0.25) is 10.5 Å². The first-order valence-corrected chi connectivity index (χ1v) is 7.10. The lowest BCUT2D eigenvalue weighted by Crippen LogP contribution is -2.31. The van der Waals surface area contributed by atoms with Crippen molar-refractivity contribution in [2.45, 2.75) is 25.9 Å². The van der Waals surface area contributed by atoms with Crippen LogP contribution in [0.1, 0.15) is 30.6 Å². The highest BCUT2D eigenvalue weighted by Gasteiger charge is 2.23. The zero-order valence-electron chi connectivity index (χ0n) is 11.1. The number of nitrogens with zero attached hydrogens (tertiary/aromatic N) is 2. The first-order valence-electron chi connectivity index (χ1n) is 6.30. The van der Waals surface area contributed by atoms with Crippen molar-refractivity contribution < 1.29 is 4.39 Å². The summed E-state index contributed by atoms with van der Waals surface area (Å²) < 4.78 is 16.1. The molecular weight excluding hydrogens is 325 g/mol. The van der Waals surface area contributed by atoms with E-state index >= 15 is 0 Å². The molecule has 20 heavy (non-hydrogen) atoms. The van der Waals surface area contributed by atoms with Gasteiger partial charge in [0.2, 0.25) is 0 Å². The normalized spacial score (nSPS) is 12.6. The van der Waals surface area contributed by atoms with E-state index in [4.69, 9.17) is 11.6 Å². The van der Waals surface area contributed by atoms with Crippen molar-refractivity contribution in [1.82, 2.24) is 15.2 Å². The molecule has 1 atom stereocenters. The van der Waals surface area contributed by atoms with E-state index in [0.29, 0.717) is 11.3 Å². The molecule has 0 aliphatic heterocycles. The molecule has 1 unspecified atom stereocenters. The van der Waals surface area contributed by atoms with Gasteiger partial charge in [0.25, 0.3) is 0 Å². The third-order valence-corrected chi connectivity index (χ3v) is 3.68. The van der Waals surface area contributed by atoms with Crippen molar-refractivity contribution in [3.63, 3.8) is 0 Å². The van der Waals surface area contributed by atoms with Crippen molar-refractivity contribution in [2.24, 2.45) is 5.84 Å². The molecule has 2 rings (SSSR count). The van der Waals surface area contributed by atoms with E-state index in [0.717, 1.165) is 23.1 Å². The highest BCUT2D eigenvalue weighted by atomic mass is 79.9. The average Bonchev–Trinajstić information content (AvgIpc) is 2.77. The molecule has 0 aliphatic rings. The molecule has 0 spiro atoms. The monoisotopic (exact) mass is 341 g/mol. The van der Waals surface area contributed by atoms with E-state index in [1.165, 1.54) is 18.2 Å². The fourth-order valence-corrected chi connectivity index (χ4v) is 2.69. The molecule has 0 aliphatic carbocycles. The van der Waals surface area contributed by atoms with Crippen LogP contribution in [0.5, 0.6) is 0 Å². The number of benzene rings is 1. The van der Waals surface area contributed by atoms with Crippen LogP contribution < -0.4 is 17.0 Å². The largest absolute Gasteiger partial charge is 0.398 e. The third kappa shape index (κ3) is 2.84. The number of nitrogen functional groups attached to an aromatic ring is 1. The third-order valence-electron chi connectivity index (χ3n) is 3.07. The van der Waals surface area contributed by atoms with E-state index in [1.54, 1.807) is 6.20 Å². The predicted octanol–water partition coefficient (Wildman–Crippen LogP) is 2.33. The van der Waals surface area contributed by atoms with E-state index in [2.05, 4.69) is 33.4 Å². The molecular formula is C13H17BrFN5. The second-order valence-electron chi connectivity index (χ2n) is 4.47. The summed E-state index contributed by atoms with van der Waals surface area (Å²) >= 11 is 3.46. The van der Waals surface area contributed by atoms with Crippen LogP contribution in [0.4, 0.5) is 10.1 Å². The molecule has 0 bridgehead atoms. The van der Waals surface area contributed by atoms with Gasteiger partial charge >= 0.3 is 0 Å². The number of halogens is 2. The van der Waals surface area contributed by atoms with E-state index in [9.17, 15) is 4.39 Å². The van der Waals surface area contributed by atoms with Gasteiger partial charge in [-0.1, -0.05) is 6.92 Å². The van der Waals surface area contributed by atoms with Crippen molar-refractivity contribution in [3.8, 4) is 0 Å². The van der Waals surface area contributed by atoms with Crippen LogP contribution in [0.15, 0.2) is 28.9 Å². The maximum atomic E-state index is 13.5. The van der Waals surface area contributed by atoms with Gasteiger partial charge in [0.05, 0.1) is 22.4 Å². The van der Waals surface area contributed by atoms with Gasteiger partial charge in [0.15, 0.2) is 0 Å². The van der Waals surface area contributed by atoms with E-state index in [-0.39, 0.29) is 5.82 Å². The summed E-state index contributed by atoms with van der Waals surface area (Å²) in [5.74, 6) is 5.30. The second kappa shape index (κ2) is 6.34. The molecule has 1 heterocycles. The molecule has 0 saturated heterocycles. The number of hydrogen-bond donors (Lipinski definition) is 3. The van der Waals surface area contributed by atoms with Crippen molar-refractivity contribution in [3.05, 3.63) is 45.9 Å². The van der Waals surface area contributed by atoms with Gasteiger partial charge in [0, 0.05) is 17.8 Å². The van der Waals surface area contributed by atoms with E-state index < -0.39 is 6.04 Å². The van der Waals surface area contributed by atoms with Gasteiger partial charge in [-0.15, -0.1) is 0 Å². The Hall–Kier alpha value is -1.44. The Kier molecular flexibility index (Phi) is 4.74. The number of hydrogen-bond acceptors (Lipinski definition) is 4. The Balaban J connectivity index is 2.52. The number of nitrogens with two attached hydrogens (primary N) is 2. The van der Waals surface area contributed by atoms with Gasteiger partial charge in [0.1, 0.15) is 5.82 Å². The van der Waals surface area contributed by atoms with Gasteiger partial charge in [-0.05, 0) is 40.5 Å². The van der Waals surface area contributed by atoms with Gasteiger partial charge in [-0.25, -0.2) is 9.82 Å². The number of aromatic nitrogens is 2. The Bertz CT molecular complexity index is 598. The highest BCUT2D eigenvalue weighted by Crippen LogP contribution is 2.31. The molecule has 0 amide bonds. The number of nitrogens with one attached hydrogen (secondary N) is 1. The predicted molar refractivity (Wildman–Crippen MR) is 80.2 cm³/mol. The van der Waals surface area contributed by atoms with Gasteiger partial charge < -0.3 is 5.73 Å². The van der Waals surface area contributed by atoms with Crippen LogP contribution in [-0.4, -0.2) is 9.78 Å². The summed E-state index contributed by atoms with van der Waals surface area (Å²) in [5, 5.41) is 4.29. The fraction of sp³-hybridized carbons (Fsp3) is 0.308. The molecule has 2 aromatic rings. The Morgan fingerprint density at radius 3 is 2.90 bits per heavy atom. The topological polar surface area (TPSA) is 81.9 Å². The lowest BCUT2D eigenvalue weighted by Gasteiger charge is -2.20. The minimum Gasteiger partial charge on any atom is -0.398 e. The zero-order valence-corrected chi connectivity index (χ0v) is 12.7. The molecule has 1 aromatic carbocycles. The fourth-order valence-electron chi connectivity index (χ4n) is 2.16. The Morgan fingerprint density at radius 1 is 1.50 bits per heavy atom. The number of aryl methyl sites for hydroxylation is 1. The first kappa shape index (κ1) is 15.0. The van der Waals surface area contributed by atoms with E-state index in [1.807, 2.05) is 4.68 Å². The van der Waals surface area contributed by atoms with Gasteiger partial charge in [-0.2, -0.15) is 5.10 Å². The van der Waals surface area contributed by atoms with Crippen LogP contribution in [0.3, 0.4) is 0 Å². The smallest absolute Gasteiger partial charge is 0.123 e. The van der Waals surface area contributed by atoms with Crippen LogP contribution >= 0.6 is 15.9 Å². The molecule has 7 heteroatoms. The Labute approximate surface area is 125 Å². The standard InChI is InChI=1S/C13H17BrFN5/c1-2-5-20-13(10(14)7-18-20)12(19-17)9-6-8(15)3-4-11(9)16/h3-4,6-7,12,19H,2,5,16-17H2,1H3. The summed E-state index contributed by atoms with van der Waals surface area (Å²) in [6.07, 6.45) is 2.63. The molecule has 5 N–H and O–H groups in total. The quantitative estimate of drug-likeness (QED) is 0.443. The molecule has 1 aromatic heterocycles. The van der Waals surface area contributed by atoms with Crippen LogP contribution in [0.25, 0.3) is 0 Å². The number of hydrazine groups is 1. The summed E-state index contributed by atoms with van der Waals surface area (Å²) in [6.45, 7) is 2.80. The lowest BCUT2D eigenvalue weighted by molar-refractivity contribution is 0.518. The Morgan fingerprint density at radius 2 is 2.25 bits per heavy atom. The minimum absolute atomic E-state index is 0.355. The number of anilines is 1. The summed E-state index contributed by atoms with van der Waals surface area (Å²) in [4.78, 5) is 0. The molecule has 0 saturated carbocycles. The maximum absolute atomic E-state index is 13.5. The van der Waals surface area contributed by atoms with Crippen LogP contribution in [-0.2, 0) is 6.54 Å². The number of rotatable bonds is 5. The SMILES string of the molecule is CCCn1ncc(Br)c1C(NN)c1cc(F)ccc1N. The minimum atomic E-state index is -0.436. The summed E-state index contributed by atoms with van der Waals surface area (Å²) in [6, 6.07) is 3.80. The highest BCUT2D eigenvalue weighted by molar-refractivity contribution is 9.10. The molecule has 0 fully saturated rings.